The monoisotopic (exact) mass is 389 g/mol. The maximum Gasteiger partial charge on any atom is 0.178 e. The largest absolute Gasteiger partial charge is 0.253 e. The van der Waals surface area contributed by atoms with E-state index in [4.69, 9.17) is 4.98 Å². The molecule has 0 radical (unpaired) electrons. The van der Waals surface area contributed by atoms with Gasteiger partial charge in [-0.3, -0.25) is 9.97 Å². The molecule has 0 aliphatic heterocycles. The predicted molar refractivity (Wildman–Crippen MR) is 113 cm³/mol. The summed E-state index contributed by atoms with van der Waals surface area (Å²) < 4.78 is 0. The molecule has 5 aromatic heterocycles. The first-order valence-corrected chi connectivity index (χ1v) is 9.33. The van der Waals surface area contributed by atoms with Gasteiger partial charge < -0.3 is 0 Å². The Morgan fingerprint density at radius 1 is 0.333 bits per heavy atom. The minimum Gasteiger partial charge on any atom is -0.253 e. The third-order valence-corrected chi connectivity index (χ3v) is 4.37. The molecule has 142 valence electrons. The van der Waals surface area contributed by atoms with Crippen molar-refractivity contribution in [2.45, 2.75) is 0 Å². The van der Waals surface area contributed by atoms with E-state index in [1.54, 1.807) is 24.8 Å². The highest BCUT2D eigenvalue weighted by Gasteiger charge is 2.10. The van der Waals surface area contributed by atoms with Gasteiger partial charge in [-0.05, 0) is 48.5 Å². The van der Waals surface area contributed by atoms with Gasteiger partial charge in [0.15, 0.2) is 11.6 Å². The van der Waals surface area contributed by atoms with E-state index < -0.39 is 0 Å². The Bertz CT molecular complexity index is 1190. The van der Waals surface area contributed by atoms with Crippen molar-refractivity contribution in [1.82, 2.24) is 34.9 Å². The molecule has 0 fully saturated rings. The van der Waals surface area contributed by atoms with Gasteiger partial charge in [0.05, 0.1) is 22.8 Å². The number of hydrogen-bond acceptors (Lipinski definition) is 7. The van der Waals surface area contributed by atoms with Crippen LogP contribution in [0.1, 0.15) is 0 Å². The van der Waals surface area contributed by atoms with E-state index in [-0.39, 0.29) is 0 Å². The number of nitrogens with zero attached hydrogens (tertiary/aromatic N) is 7. The first-order valence-electron chi connectivity index (χ1n) is 9.33. The molecule has 0 N–H and O–H groups in total. The van der Waals surface area contributed by atoms with Gasteiger partial charge in [0.1, 0.15) is 11.4 Å². The Balaban J connectivity index is 1.52. The standard InChI is InChI=1S/C23H15N7/c1-3-12-24-20(6-1)22-26-14-10-18(29-22)16-8-5-9-17(28-16)19-11-15-27-23(30-19)21-7-2-4-13-25-21/h1-15H. The van der Waals surface area contributed by atoms with E-state index in [0.717, 1.165) is 11.4 Å². The van der Waals surface area contributed by atoms with Crippen LogP contribution in [0.2, 0.25) is 0 Å². The summed E-state index contributed by atoms with van der Waals surface area (Å²) in [5.74, 6) is 1.11. The molecule has 0 saturated heterocycles. The summed E-state index contributed by atoms with van der Waals surface area (Å²) in [6, 6.07) is 20.7. The summed E-state index contributed by atoms with van der Waals surface area (Å²) in [5, 5.41) is 0. The highest BCUT2D eigenvalue weighted by Crippen LogP contribution is 2.23. The highest BCUT2D eigenvalue weighted by molar-refractivity contribution is 5.64. The molecule has 0 atom stereocenters. The third kappa shape index (κ3) is 3.64. The van der Waals surface area contributed by atoms with Crippen LogP contribution < -0.4 is 0 Å². The fourth-order valence-corrected chi connectivity index (χ4v) is 2.96. The van der Waals surface area contributed by atoms with Crippen LogP contribution in [0.4, 0.5) is 0 Å². The second-order valence-corrected chi connectivity index (χ2v) is 6.37. The van der Waals surface area contributed by atoms with Gasteiger partial charge >= 0.3 is 0 Å². The molecule has 0 aromatic carbocycles. The molecule has 0 amide bonds. The molecule has 30 heavy (non-hydrogen) atoms. The molecule has 0 aliphatic rings. The summed E-state index contributed by atoms with van der Waals surface area (Å²) in [6.07, 6.45) is 6.87. The molecule has 5 heterocycles. The van der Waals surface area contributed by atoms with E-state index in [9.17, 15) is 0 Å². The smallest absolute Gasteiger partial charge is 0.178 e. The average molecular weight is 389 g/mol. The van der Waals surface area contributed by atoms with Gasteiger partial charge in [-0.15, -0.1) is 0 Å². The second kappa shape index (κ2) is 7.92. The normalized spacial score (nSPS) is 10.7. The molecule has 7 nitrogen and oxygen atoms in total. The summed E-state index contributed by atoms with van der Waals surface area (Å²) in [5.41, 5.74) is 4.31. The van der Waals surface area contributed by atoms with Crippen molar-refractivity contribution in [3.8, 4) is 45.8 Å². The van der Waals surface area contributed by atoms with Gasteiger partial charge in [-0.25, -0.2) is 24.9 Å². The molecule has 7 heteroatoms. The quantitative estimate of drug-likeness (QED) is 0.457. The number of rotatable bonds is 4. The van der Waals surface area contributed by atoms with E-state index in [0.29, 0.717) is 34.4 Å². The van der Waals surface area contributed by atoms with Crippen LogP contribution >= 0.6 is 0 Å². The van der Waals surface area contributed by atoms with Crippen LogP contribution in [-0.4, -0.2) is 34.9 Å². The first-order chi connectivity index (χ1) is 14.9. The Kier molecular flexibility index (Phi) is 4.67. The molecular weight excluding hydrogens is 374 g/mol. The first kappa shape index (κ1) is 17.7. The molecule has 5 rings (SSSR count). The van der Waals surface area contributed by atoms with Crippen LogP contribution in [0.3, 0.4) is 0 Å². The lowest BCUT2D eigenvalue weighted by Crippen LogP contribution is -1.97. The Morgan fingerprint density at radius 2 is 0.800 bits per heavy atom. The predicted octanol–water partition coefficient (Wildman–Crippen LogP) is 4.12. The highest BCUT2D eigenvalue weighted by atomic mass is 14.9. The van der Waals surface area contributed by atoms with E-state index in [1.807, 2.05) is 66.7 Å². The van der Waals surface area contributed by atoms with Crippen molar-refractivity contribution in [2.75, 3.05) is 0 Å². The van der Waals surface area contributed by atoms with Crippen LogP contribution in [-0.2, 0) is 0 Å². The van der Waals surface area contributed by atoms with Gasteiger partial charge in [0, 0.05) is 24.8 Å². The van der Waals surface area contributed by atoms with Gasteiger partial charge in [-0.1, -0.05) is 18.2 Å². The fraction of sp³-hybridized carbons (Fsp3) is 0. The zero-order valence-electron chi connectivity index (χ0n) is 15.8. The molecular formula is C23H15N7. The summed E-state index contributed by atoms with van der Waals surface area (Å²) >= 11 is 0. The maximum absolute atomic E-state index is 4.76. The summed E-state index contributed by atoms with van der Waals surface area (Å²) in [7, 11) is 0. The van der Waals surface area contributed by atoms with Crippen LogP contribution in [0.5, 0.6) is 0 Å². The van der Waals surface area contributed by atoms with Crippen molar-refractivity contribution < 1.29 is 0 Å². The summed E-state index contributed by atoms with van der Waals surface area (Å²) in [6.45, 7) is 0. The fourth-order valence-electron chi connectivity index (χ4n) is 2.96. The van der Waals surface area contributed by atoms with Gasteiger partial charge in [0.25, 0.3) is 0 Å². The molecule has 0 aliphatic carbocycles. The van der Waals surface area contributed by atoms with E-state index in [1.165, 1.54) is 0 Å². The minimum atomic E-state index is 0.555. The number of pyridine rings is 3. The molecule has 5 aromatic rings. The lowest BCUT2D eigenvalue weighted by atomic mass is 10.2. The Morgan fingerprint density at radius 3 is 1.27 bits per heavy atom. The van der Waals surface area contributed by atoms with Gasteiger partial charge in [-0.2, -0.15) is 0 Å². The van der Waals surface area contributed by atoms with Crippen LogP contribution in [0, 0.1) is 0 Å². The lowest BCUT2D eigenvalue weighted by molar-refractivity contribution is 1.12. The molecule has 0 saturated carbocycles. The Hall–Kier alpha value is -4.39. The third-order valence-electron chi connectivity index (χ3n) is 4.37. The Labute approximate surface area is 172 Å². The number of aromatic nitrogens is 7. The zero-order valence-corrected chi connectivity index (χ0v) is 15.8. The topological polar surface area (TPSA) is 90.2 Å². The minimum absolute atomic E-state index is 0.555. The van der Waals surface area contributed by atoms with Crippen LogP contribution in [0.25, 0.3) is 45.8 Å². The summed E-state index contributed by atoms with van der Waals surface area (Å²) in [4.78, 5) is 31.3. The van der Waals surface area contributed by atoms with Gasteiger partial charge in [0.2, 0.25) is 0 Å². The zero-order chi connectivity index (χ0) is 20.2. The second-order valence-electron chi connectivity index (χ2n) is 6.37. The van der Waals surface area contributed by atoms with E-state index >= 15 is 0 Å². The molecule has 0 unspecified atom stereocenters. The molecule has 0 spiro atoms. The SMILES string of the molecule is c1ccc(-c2nccc(-c3cccc(-c4ccnc(-c5ccccn5)n4)n3)n2)nc1. The average Bonchev–Trinajstić information content (AvgIpc) is 2.85. The van der Waals surface area contributed by atoms with Crippen molar-refractivity contribution >= 4 is 0 Å². The number of hydrogen-bond donors (Lipinski definition) is 0. The lowest BCUT2D eigenvalue weighted by Gasteiger charge is -2.06. The molecule has 0 bridgehead atoms. The van der Waals surface area contributed by atoms with Crippen molar-refractivity contribution in [3.05, 3.63) is 91.5 Å². The van der Waals surface area contributed by atoms with E-state index in [2.05, 4.69) is 29.9 Å². The maximum atomic E-state index is 4.76. The van der Waals surface area contributed by atoms with Crippen molar-refractivity contribution in [2.24, 2.45) is 0 Å². The van der Waals surface area contributed by atoms with Crippen molar-refractivity contribution in [3.63, 3.8) is 0 Å². The van der Waals surface area contributed by atoms with Crippen LogP contribution in [0.15, 0.2) is 91.5 Å². The van der Waals surface area contributed by atoms with Crippen molar-refractivity contribution in [1.29, 1.82) is 0 Å².